The fourth-order valence-corrected chi connectivity index (χ4v) is 3.33. The molecule has 3 rings (SSSR count). The minimum absolute atomic E-state index is 0.0312. The van der Waals surface area contributed by atoms with E-state index in [4.69, 9.17) is 4.74 Å². The highest BCUT2D eigenvalue weighted by molar-refractivity contribution is 6.05. The molecule has 1 aliphatic rings. The fourth-order valence-electron chi connectivity index (χ4n) is 3.33. The number of hydrogen-bond donors (Lipinski definition) is 1. The molecule has 2 aromatic carbocycles. The van der Waals surface area contributed by atoms with Gasteiger partial charge >= 0.3 is 0 Å². The molecule has 0 spiro atoms. The number of rotatable bonds is 7. The first kappa shape index (κ1) is 20.9. The third kappa shape index (κ3) is 6.08. The van der Waals surface area contributed by atoms with Crippen LogP contribution in [0.5, 0.6) is 5.75 Å². The van der Waals surface area contributed by atoms with Gasteiger partial charge < -0.3 is 15.0 Å². The predicted molar refractivity (Wildman–Crippen MR) is 116 cm³/mol. The molecule has 1 saturated heterocycles. The summed E-state index contributed by atoms with van der Waals surface area (Å²) in [6, 6.07) is 14.3. The lowest BCUT2D eigenvalue weighted by atomic mass is 10.1. The van der Waals surface area contributed by atoms with Crippen LogP contribution in [0, 0.1) is 5.92 Å². The van der Waals surface area contributed by atoms with E-state index >= 15 is 0 Å². The summed E-state index contributed by atoms with van der Waals surface area (Å²) in [5, 5.41) is 2.88. The van der Waals surface area contributed by atoms with Crippen molar-refractivity contribution in [3.05, 3.63) is 59.7 Å². The third-order valence-corrected chi connectivity index (χ3v) is 5.09. The maximum absolute atomic E-state index is 12.7. The van der Waals surface area contributed by atoms with Crippen molar-refractivity contribution >= 4 is 17.5 Å². The van der Waals surface area contributed by atoms with E-state index in [-0.39, 0.29) is 11.8 Å². The van der Waals surface area contributed by atoms with E-state index in [1.807, 2.05) is 17.0 Å². The molecule has 2 amide bonds. The molecular weight excluding hydrogens is 364 g/mol. The maximum Gasteiger partial charge on any atom is 0.255 e. The summed E-state index contributed by atoms with van der Waals surface area (Å²) >= 11 is 0. The van der Waals surface area contributed by atoms with E-state index in [1.165, 1.54) is 6.42 Å². The van der Waals surface area contributed by atoms with Crippen LogP contribution in [-0.4, -0.2) is 36.4 Å². The van der Waals surface area contributed by atoms with E-state index in [1.54, 1.807) is 36.4 Å². The summed E-state index contributed by atoms with van der Waals surface area (Å²) < 4.78 is 5.70. The summed E-state index contributed by atoms with van der Waals surface area (Å²) in [5.74, 6) is 1.18. The number of nitrogens with one attached hydrogen (secondary N) is 1. The monoisotopic (exact) mass is 394 g/mol. The number of carbonyl (C=O) groups excluding carboxylic acids is 2. The highest BCUT2D eigenvalue weighted by Gasteiger charge is 2.18. The van der Waals surface area contributed by atoms with Crippen LogP contribution in [0.15, 0.2) is 48.5 Å². The van der Waals surface area contributed by atoms with Gasteiger partial charge in [0.25, 0.3) is 11.8 Å². The first-order chi connectivity index (χ1) is 14.0. The van der Waals surface area contributed by atoms with Crippen molar-refractivity contribution in [3.63, 3.8) is 0 Å². The highest BCUT2D eigenvalue weighted by atomic mass is 16.5. The smallest absolute Gasteiger partial charge is 0.255 e. The molecule has 154 valence electrons. The number of likely N-dealkylation sites (tertiary alicyclic amines) is 1. The molecule has 0 saturated carbocycles. The second-order valence-corrected chi connectivity index (χ2v) is 7.94. The average Bonchev–Trinajstić information content (AvgIpc) is 2.74. The van der Waals surface area contributed by atoms with E-state index in [0.29, 0.717) is 29.3 Å². The molecule has 29 heavy (non-hydrogen) atoms. The second kappa shape index (κ2) is 10.1. The van der Waals surface area contributed by atoms with Gasteiger partial charge in [-0.2, -0.15) is 0 Å². The molecular formula is C24H30N2O3. The highest BCUT2D eigenvalue weighted by Crippen LogP contribution is 2.18. The Hall–Kier alpha value is -2.82. The number of nitrogens with zero attached hydrogens (tertiary/aromatic N) is 1. The predicted octanol–water partition coefficient (Wildman–Crippen LogP) is 4.99. The Labute approximate surface area is 173 Å². The van der Waals surface area contributed by atoms with Gasteiger partial charge in [-0.25, -0.2) is 0 Å². The molecule has 0 unspecified atom stereocenters. The van der Waals surface area contributed by atoms with Crippen LogP contribution in [0.4, 0.5) is 5.69 Å². The Morgan fingerprint density at radius 3 is 2.41 bits per heavy atom. The number of anilines is 1. The van der Waals surface area contributed by atoms with E-state index < -0.39 is 0 Å². The van der Waals surface area contributed by atoms with Crippen LogP contribution in [0.3, 0.4) is 0 Å². The Morgan fingerprint density at radius 2 is 1.72 bits per heavy atom. The van der Waals surface area contributed by atoms with Crippen LogP contribution in [-0.2, 0) is 0 Å². The molecule has 0 aromatic heterocycles. The molecule has 1 aliphatic heterocycles. The van der Waals surface area contributed by atoms with Gasteiger partial charge in [-0.1, -0.05) is 19.9 Å². The Morgan fingerprint density at radius 1 is 1.00 bits per heavy atom. The van der Waals surface area contributed by atoms with E-state index in [9.17, 15) is 9.59 Å². The molecule has 0 radical (unpaired) electrons. The third-order valence-electron chi connectivity index (χ3n) is 5.09. The summed E-state index contributed by atoms with van der Waals surface area (Å²) in [6.07, 6.45) is 4.29. The summed E-state index contributed by atoms with van der Waals surface area (Å²) in [4.78, 5) is 27.1. The quantitative estimate of drug-likeness (QED) is 0.720. The number of carbonyl (C=O) groups is 2. The topological polar surface area (TPSA) is 58.6 Å². The molecule has 0 bridgehead atoms. The van der Waals surface area contributed by atoms with E-state index in [2.05, 4.69) is 19.2 Å². The molecule has 0 aliphatic carbocycles. The first-order valence-corrected chi connectivity index (χ1v) is 10.5. The SMILES string of the molecule is CC(C)CCOc1ccc(C(=O)Nc2cccc(C(=O)N3CCCCC3)c2)cc1. The number of hydrogen-bond acceptors (Lipinski definition) is 3. The molecule has 5 heteroatoms. The second-order valence-electron chi connectivity index (χ2n) is 7.94. The van der Waals surface area contributed by atoms with Crippen molar-refractivity contribution in [1.29, 1.82) is 0 Å². The number of benzene rings is 2. The van der Waals surface area contributed by atoms with Gasteiger partial charge in [0.2, 0.25) is 0 Å². The lowest BCUT2D eigenvalue weighted by Gasteiger charge is -2.26. The minimum atomic E-state index is -0.207. The molecule has 1 N–H and O–H groups in total. The summed E-state index contributed by atoms with van der Waals surface area (Å²) in [5.41, 5.74) is 1.78. The fraction of sp³-hybridized carbons (Fsp3) is 0.417. The van der Waals surface area contributed by atoms with E-state index in [0.717, 1.165) is 38.1 Å². The van der Waals surface area contributed by atoms with Crippen molar-refractivity contribution in [2.45, 2.75) is 39.5 Å². The molecule has 5 nitrogen and oxygen atoms in total. The van der Waals surface area contributed by atoms with Crippen LogP contribution in [0.25, 0.3) is 0 Å². The lowest BCUT2D eigenvalue weighted by Crippen LogP contribution is -2.35. The van der Waals surface area contributed by atoms with Gasteiger partial charge in [-0.3, -0.25) is 9.59 Å². The zero-order valence-electron chi connectivity index (χ0n) is 17.3. The Bertz CT molecular complexity index is 824. The standard InChI is InChI=1S/C24H30N2O3/c1-18(2)13-16-29-22-11-9-19(10-12-22)23(27)25-21-8-6-7-20(17-21)24(28)26-14-4-3-5-15-26/h6-12,17-18H,3-5,13-16H2,1-2H3,(H,25,27). The van der Waals surface area contributed by atoms with Gasteiger partial charge in [-0.15, -0.1) is 0 Å². The van der Waals surface area contributed by atoms with Crippen LogP contribution in [0.2, 0.25) is 0 Å². The van der Waals surface area contributed by atoms with Crippen molar-refractivity contribution in [2.24, 2.45) is 5.92 Å². The molecule has 0 atom stereocenters. The summed E-state index contributed by atoms with van der Waals surface area (Å²) in [6.45, 7) is 6.60. The molecule has 2 aromatic rings. The van der Waals surface area contributed by atoms with Crippen molar-refractivity contribution < 1.29 is 14.3 Å². The average molecular weight is 395 g/mol. The van der Waals surface area contributed by atoms with Gasteiger partial charge in [0.1, 0.15) is 5.75 Å². The van der Waals surface area contributed by atoms with Gasteiger partial charge in [-0.05, 0) is 74.1 Å². The van der Waals surface area contributed by atoms with Crippen LogP contribution >= 0.6 is 0 Å². The Kier molecular flexibility index (Phi) is 7.28. The number of ether oxygens (including phenoxy) is 1. The molecule has 1 fully saturated rings. The van der Waals surface area contributed by atoms with Crippen LogP contribution < -0.4 is 10.1 Å². The largest absolute Gasteiger partial charge is 0.494 e. The van der Waals surface area contributed by atoms with Crippen LogP contribution in [0.1, 0.15) is 60.2 Å². The summed E-state index contributed by atoms with van der Waals surface area (Å²) in [7, 11) is 0. The zero-order valence-corrected chi connectivity index (χ0v) is 17.3. The maximum atomic E-state index is 12.7. The van der Waals surface area contributed by atoms with Crippen molar-refractivity contribution in [3.8, 4) is 5.75 Å². The minimum Gasteiger partial charge on any atom is -0.494 e. The Balaban J connectivity index is 1.59. The number of piperidine rings is 1. The van der Waals surface area contributed by atoms with Crippen molar-refractivity contribution in [1.82, 2.24) is 4.90 Å². The normalized spacial score (nSPS) is 14.0. The van der Waals surface area contributed by atoms with Gasteiger partial charge in [0.05, 0.1) is 6.61 Å². The van der Waals surface area contributed by atoms with Gasteiger partial charge in [0, 0.05) is 29.9 Å². The first-order valence-electron chi connectivity index (χ1n) is 10.5. The zero-order chi connectivity index (χ0) is 20.6. The van der Waals surface area contributed by atoms with Crippen molar-refractivity contribution in [2.75, 3.05) is 25.0 Å². The molecule has 1 heterocycles. The number of amides is 2. The lowest BCUT2D eigenvalue weighted by molar-refractivity contribution is 0.0724. The van der Waals surface area contributed by atoms with Gasteiger partial charge in [0.15, 0.2) is 0 Å².